The van der Waals surface area contributed by atoms with Crippen molar-refractivity contribution in [3.8, 4) is 0 Å². The molecular weight excluding hydrogens is 260 g/mol. The van der Waals surface area contributed by atoms with E-state index in [2.05, 4.69) is 9.97 Å². The monoisotopic (exact) mass is 272 g/mol. The summed E-state index contributed by atoms with van der Waals surface area (Å²) in [7, 11) is 1.74. The molecule has 2 aromatic rings. The van der Waals surface area contributed by atoms with E-state index in [4.69, 9.17) is 5.73 Å². The number of fused-ring (bicyclic) bond motifs is 1. The molecule has 1 aromatic carbocycles. The van der Waals surface area contributed by atoms with E-state index >= 15 is 0 Å². The Morgan fingerprint density at radius 3 is 2.95 bits per heavy atom. The van der Waals surface area contributed by atoms with Gasteiger partial charge in [0.25, 0.3) is 0 Å². The van der Waals surface area contributed by atoms with E-state index < -0.39 is 6.04 Å². The normalized spacial score (nSPS) is 17.7. The van der Waals surface area contributed by atoms with Gasteiger partial charge in [-0.2, -0.15) is 0 Å². The molecule has 2 heterocycles. The summed E-state index contributed by atoms with van der Waals surface area (Å²) in [6, 6.07) is 5.26. The van der Waals surface area contributed by atoms with E-state index in [-0.39, 0.29) is 5.91 Å². The van der Waals surface area contributed by atoms with Crippen molar-refractivity contribution >= 4 is 23.4 Å². The summed E-state index contributed by atoms with van der Waals surface area (Å²) in [4.78, 5) is 22.6. The molecule has 1 amide bonds. The first-order chi connectivity index (χ1) is 9.16. The summed E-state index contributed by atoms with van der Waals surface area (Å²) in [6.07, 6.45) is 5.00. The number of carbonyl (C=O) groups excluding carboxylic acids is 1. The fourth-order valence-corrected chi connectivity index (χ4v) is 2.83. The summed E-state index contributed by atoms with van der Waals surface area (Å²) in [5.74, 6) is -0.0725. The van der Waals surface area contributed by atoms with Crippen molar-refractivity contribution in [1.82, 2.24) is 9.97 Å². The zero-order valence-electron chi connectivity index (χ0n) is 10.3. The van der Waals surface area contributed by atoms with Gasteiger partial charge in [-0.15, -0.1) is 0 Å². The molecule has 1 aliphatic rings. The van der Waals surface area contributed by atoms with Gasteiger partial charge in [-0.25, -0.2) is 4.98 Å². The molecule has 0 saturated carbocycles. The number of benzene rings is 1. The van der Waals surface area contributed by atoms with Crippen LogP contribution in [0.2, 0.25) is 0 Å². The SMILES string of the molecule is CN1C(=O)C(N)c2ccc(Sc3cnccn3)cc21. The number of anilines is 1. The second-order valence-corrected chi connectivity index (χ2v) is 5.34. The molecular formula is C13H12N4OS. The first-order valence-electron chi connectivity index (χ1n) is 5.78. The van der Waals surface area contributed by atoms with Crippen LogP contribution in [0, 0.1) is 0 Å². The first kappa shape index (κ1) is 12.1. The van der Waals surface area contributed by atoms with Crippen LogP contribution in [0.4, 0.5) is 5.69 Å². The lowest BCUT2D eigenvalue weighted by atomic mass is 10.1. The van der Waals surface area contributed by atoms with Gasteiger partial charge in [-0.1, -0.05) is 17.8 Å². The molecule has 2 N–H and O–H groups in total. The Kier molecular flexibility index (Phi) is 2.96. The van der Waals surface area contributed by atoms with E-state index in [9.17, 15) is 4.79 Å². The van der Waals surface area contributed by atoms with Gasteiger partial charge in [-0.3, -0.25) is 9.78 Å². The fraction of sp³-hybridized carbons (Fsp3) is 0.154. The molecule has 1 unspecified atom stereocenters. The summed E-state index contributed by atoms with van der Waals surface area (Å²) < 4.78 is 0. The molecule has 5 nitrogen and oxygen atoms in total. The van der Waals surface area contributed by atoms with Gasteiger partial charge in [0.15, 0.2) is 0 Å². The fourth-order valence-electron chi connectivity index (χ4n) is 2.06. The van der Waals surface area contributed by atoms with Crippen molar-refractivity contribution in [3.63, 3.8) is 0 Å². The average molecular weight is 272 g/mol. The van der Waals surface area contributed by atoms with E-state index in [1.807, 2.05) is 18.2 Å². The number of nitrogens with two attached hydrogens (primary N) is 1. The number of aromatic nitrogens is 2. The maximum Gasteiger partial charge on any atom is 0.248 e. The molecule has 0 saturated heterocycles. The predicted octanol–water partition coefficient (Wildman–Crippen LogP) is 1.60. The number of amides is 1. The minimum atomic E-state index is -0.546. The Hall–Kier alpha value is -1.92. The lowest BCUT2D eigenvalue weighted by molar-refractivity contribution is -0.118. The van der Waals surface area contributed by atoms with Crippen LogP contribution in [-0.4, -0.2) is 22.9 Å². The zero-order chi connectivity index (χ0) is 13.4. The molecule has 0 fully saturated rings. The smallest absolute Gasteiger partial charge is 0.248 e. The number of hydrogen-bond acceptors (Lipinski definition) is 5. The van der Waals surface area contributed by atoms with Gasteiger partial charge < -0.3 is 10.6 Å². The lowest BCUT2D eigenvalue weighted by Crippen LogP contribution is -2.27. The minimum Gasteiger partial charge on any atom is -0.316 e. The topological polar surface area (TPSA) is 72.1 Å². The maximum absolute atomic E-state index is 11.8. The standard InChI is InChI=1S/C13H12N4OS/c1-17-10-6-8(19-11-7-15-4-5-16-11)2-3-9(10)12(14)13(17)18/h2-7,12H,14H2,1H3. The van der Waals surface area contributed by atoms with Crippen LogP contribution in [0.25, 0.3) is 0 Å². The second kappa shape index (κ2) is 4.64. The van der Waals surface area contributed by atoms with Crippen LogP contribution < -0.4 is 10.6 Å². The molecule has 3 rings (SSSR count). The van der Waals surface area contributed by atoms with Crippen LogP contribution in [0.1, 0.15) is 11.6 Å². The number of likely N-dealkylation sites (N-methyl/N-ethyl adjacent to an activating group) is 1. The predicted molar refractivity (Wildman–Crippen MR) is 72.9 cm³/mol. The summed E-state index contributed by atoms with van der Waals surface area (Å²) in [6.45, 7) is 0. The number of carbonyl (C=O) groups is 1. The van der Waals surface area contributed by atoms with Crippen molar-refractivity contribution < 1.29 is 4.79 Å². The highest BCUT2D eigenvalue weighted by atomic mass is 32.2. The third-order valence-electron chi connectivity index (χ3n) is 3.06. The van der Waals surface area contributed by atoms with E-state index in [1.165, 1.54) is 11.8 Å². The van der Waals surface area contributed by atoms with Crippen LogP contribution in [0.15, 0.2) is 46.7 Å². The maximum atomic E-state index is 11.8. The Morgan fingerprint density at radius 2 is 2.21 bits per heavy atom. The minimum absolute atomic E-state index is 0.0725. The highest BCUT2D eigenvalue weighted by Crippen LogP contribution is 2.37. The lowest BCUT2D eigenvalue weighted by Gasteiger charge is -2.10. The molecule has 1 aromatic heterocycles. The van der Waals surface area contributed by atoms with Crippen LogP contribution in [-0.2, 0) is 4.79 Å². The number of hydrogen-bond donors (Lipinski definition) is 1. The summed E-state index contributed by atoms with van der Waals surface area (Å²) in [5.41, 5.74) is 7.60. The highest BCUT2D eigenvalue weighted by molar-refractivity contribution is 7.99. The zero-order valence-corrected chi connectivity index (χ0v) is 11.1. The van der Waals surface area contributed by atoms with Gasteiger partial charge in [0.2, 0.25) is 5.91 Å². The molecule has 0 bridgehead atoms. The molecule has 19 heavy (non-hydrogen) atoms. The van der Waals surface area contributed by atoms with E-state index in [1.54, 1.807) is 30.5 Å². The van der Waals surface area contributed by atoms with Gasteiger partial charge in [0, 0.05) is 35.6 Å². The van der Waals surface area contributed by atoms with Gasteiger partial charge in [0.05, 0.1) is 6.20 Å². The number of nitrogens with zero attached hydrogens (tertiary/aromatic N) is 3. The first-order valence-corrected chi connectivity index (χ1v) is 6.59. The Bertz CT molecular complexity index is 632. The molecule has 0 spiro atoms. The summed E-state index contributed by atoms with van der Waals surface area (Å²) in [5, 5.41) is 0.818. The van der Waals surface area contributed by atoms with Gasteiger partial charge in [-0.05, 0) is 12.1 Å². The molecule has 1 atom stereocenters. The van der Waals surface area contributed by atoms with Crippen molar-refractivity contribution in [3.05, 3.63) is 42.4 Å². The van der Waals surface area contributed by atoms with Crippen LogP contribution in [0.3, 0.4) is 0 Å². The molecule has 0 radical (unpaired) electrons. The second-order valence-electron chi connectivity index (χ2n) is 4.24. The molecule has 6 heteroatoms. The molecule has 1 aliphatic heterocycles. The van der Waals surface area contributed by atoms with Crippen molar-refractivity contribution in [2.24, 2.45) is 5.73 Å². The van der Waals surface area contributed by atoms with Crippen molar-refractivity contribution in [2.45, 2.75) is 16.0 Å². The van der Waals surface area contributed by atoms with Crippen molar-refractivity contribution in [1.29, 1.82) is 0 Å². The van der Waals surface area contributed by atoms with Crippen molar-refractivity contribution in [2.75, 3.05) is 11.9 Å². The molecule has 0 aliphatic carbocycles. The quantitative estimate of drug-likeness (QED) is 0.899. The van der Waals surface area contributed by atoms with Crippen LogP contribution >= 0.6 is 11.8 Å². The van der Waals surface area contributed by atoms with Gasteiger partial charge in [0.1, 0.15) is 11.1 Å². The van der Waals surface area contributed by atoms with E-state index in [0.717, 1.165) is 21.2 Å². The summed E-state index contributed by atoms with van der Waals surface area (Å²) >= 11 is 1.51. The van der Waals surface area contributed by atoms with Crippen LogP contribution in [0.5, 0.6) is 0 Å². The highest BCUT2D eigenvalue weighted by Gasteiger charge is 2.32. The average Bonchev–Trinajstić information content (AvgIpc) is 2.65. The van der Waals surface area contributed by atoms with Gasteiger partial charge >= 0.3 is 0 Å². The largest absolute Gasteiger partial charge is 0.316 e. The third kappa shape index (κ3) is 2.09. The Morgan fingerprint density at radius 1 is 1.37 bits per heavy atom. The Balaban J connectivity index is 1.93. The number of rotatable bonds is 2. The Labute approximate surface area is 114 Å². The third-order valence-corrected chi connectivity index (χ3v) is 3.97. The molecule has 96 valence electrons. The van der Waals surface area contributed by atoms with E-state index in [0.29, 0.717) is 0 Å².